The second kappa shape index (κ2) is 10.2. The van der Waals surface area contributed by atoms with Gasteiger partial charge in [0.2, 0.25) is 0 Å². The van der Waals surface area contributed by atoms with Crippen LogP contribution in [-0.2, 0) is 13.6 Å². The molecule has 2 heterocycles. The number of piperidine rings is 1. The number of carbonyl (C=O) groups is 2. The number of nitrogens with one attached hydrogen (secondary N) is 1. The van der Waals surface area contributed by atoms with Gasteiger partial charge in [0.15, 0.2) is 5.78 Å². The highest BCUT2D eigenvalue weighted by Crippen LogP contribution is 2.24. The van der Waals surface area contributed by atoms with Crippen molar-refractivity contribution in [2.24, 2.45) is 13.0 Å². The average molecular weight is 476 g/mol. The Morgan fingerprint density at radius 1 is 1.15 bits per heavy atom. The lowest BCUT2D eigenvalue weighted by molar-refractivity contribution is 0.0725. The minimum absolute atomic E-state index is 0.0818. The Morgan fingerprint density at radius 3 is 2.45 bits per heavy atom. The zero-order valence-corrected chi connectivity index (χ0v) is 19.9. The molecule has 0 aliphatic carbocycles. The molecule has 0 spiro atoms. The Hall–Kier alpha value is -3.07. The summed E-state index contributed by atoms with van der Waals surface area (Å²) < 4.78 is 2.13. The Kier molecular flexibility index (Phi) is 7.63. The van der Waals surface area contributed by atoms with Gasteiger partial charge in [0.1, 0.15) is 11.4 Å². The molecule has 0 unspecified atom stereocenters. The molecule has 1 aliphatic rings. The standard InChI is InChI=1S/C23H30ClN5O4/c1-14(2)13-29-20(25)19(22(32)27(3)23(29)33)18(30)12-26-17-11-15(24)7-8-16(17)21(31)28-9-5-4-6-10-28/h7-8,11,14,26H,4-6,9-10,12-13,25H2,1-3H3. The van der Waals surface area contributed by atoms with Crippen LogP contribution in [-0.4, -0.2) is 45.4 Å². The zero-order chi connectivity index (χ0) is 24.3. The highest BCUT2D eigenvalue weighted by atomic mass is 35.5. The third-order valence-electron chi connectivity index (χ3n) is 5.70. The van der Waals surface area contributed by atoms with Gasteiger partial charge in [-0.2, -0.15) is 0 Å². The molecule has 1 amide bonds. The van der Waals surface area contributed by atoms with Crippen LogP contribution in [0.2, 0.25) is 5.02 Å². The van der Waals surface area contributed by atoms with Crippen molar-refractivity contribution in [3.05, 3.63) is 55.2 Å². The quantitative estimate of drug-likeness (QED) is 0.593. The SMILES string of the molecule is CC(C)Cn1c(N)c(C(=O)CNc2cc(Cl)ccc2C(=O)N2CCCCC2)c(=O)n(C)c1=O. The van der Waals surface area contributed by atoms with Crippen molar-refractivity contribution in [2.45, 2.75) is 39.7 Å². The second-order valence-electron chi connectivity index (χ2n) is 8.73. The number of hydrogen-bond acceptors (Lipinski definition) is 6. The van der Waals surface area contributed by atoms with Crippen LogP contribution in [0.15, 0.2) is 27.8 Å². The largest absolute Gasteiger partial charge is 0.384 e. The number of likely N-dealkylation sites (tertiary alicyclic amines) is 1. The van der Waals surface area contributed by atoms with Gasteiger partial charge < -0.3 is 16.0 Å². The normalized spacial score (nSPS) is 13.9. The van der Waals surface area contributed by atoms with Gasteiger partial charge in [0.25, 0.3) is 11.5 Å². The van der Waals surface area contributed by atoms with Gasteiger partial charge in [0.05, 0.1) is 12.1 Å². The molecule has 9 nitrogen and oxygen atoms in total. The van der Waals surface area contributed by atoms with Gasteiger partial charge in [-0.1, -0.05) is 25.4 Å². The van der Waals surface area contributed by atoms with E-state index >= 15 is 0 Å². The summed E-state index contributed by atoms with van der Waals surface area (Å²) in [5.41, 5.74) is 5.32. The highest BCUT2D eigenvalue weighted by Gasteiger charge is 2.24. The molecule has 3 N–H and O–H groups in total. The van der Waals surface area contributed by atoms with E-state index in [2.05, 4.69) is 5.32 Å². The van der Waals surface area contributed by atoms with E-state index < -0.39 is 17.0 Å². The first-order valence-electron chi connectivity index (χ1n) is 11.1. The molecule has 3 rings (SSSR count). The third kappa shape index (κ3) is 5.30. The maximum atomic E-state index is 13.0. The van der Waals surface area contributed by atoms with Crippen molar-refractivity contribution in [1.82, 2.24) is 14.0 Å². The number of nitrogen functional groups attached to an aromatic ring is 1. The zero-order valence-electron chi connectivity index (χ0n) is 19.2. The molecular weight excluding hydrogens is 446 g/mol. The Labute approximate surface area is 197 Å². The molecule has 1 aliphatic heterocycles. The fourth-order valence-electron chi connectivity index (χ4n) is 3.97. The molecule has 2 aromatic rings. The summed E-state index contributed by atoms with van der Waals surface area (Å²) in [6.07, 6.45) is 3.00. The second-order valence-corrected chi connectivity index (χ2v) is 9.17. The number of aromatic nitrogens is 2. The average Bonchev–Trinajstić information content (AvgIpc) is 2.79. The summed E-state index contributed by atoms with van der Waals surface area (Å²) in [6, 6.07) is 4.83. The van der Waals surface area contributed by atoms with Crippen LogP contribution in [0.25, 0.3) is 0 Å². The van der Waals surface area contributed by atoms with E-state index in [0.29, 0.717) is 29.4 Å². The van der Waals surface area contributed by atoms with Crippen LogP contribution in [0.1, 0.15) is 53.8 Å². The van der Waals surface area contributed by atoms with Crippen molar-refractivity contribution >= 4 is 34.8 Å². The predicted molar refractivity (Wildman–Crippen MR) is 129 cm³/mol. The van der Waals surface area contributed by atoms with E-state index in [-0.39, 0.29) is 36.3 Å². The Bertz CT molecular complexity index is 1180. The summed E-state index contributed by atoms with van der Waals surface area (Å²) in [5.74, 6) is -0.790. The number of nitrogens with two attached hydrogens (primary N) is 1. The number of carbonyl (C=O) groups excluding carboxylic acids is 2. The van der Waals surface area contributed by atoms with Gasteiger partial charge in [-0.3, -0.25) is 23.5 Å². The number of benzene rings is 1. The molecule has 33 heavy (non-hydrogen) atoms. The number of rotatable bonds is 7. The number of Topliss-reactive ketones (excluding diaryl/α,β-unsaturated/α-hetero) is 1. The first kappa shape index (κ1) is 24.6. The number of nitrogens with zero attached hydrogens (tertiary/aromatic N) is 3. The fourth-order valence-corrected chi connectivity index (χ4v) is 4.14. The van der Waals surface area contributed by atoms with Gasteiger partial charge in [0, 0.05) is 37.4 Å². The summed E-state index contributed by atoms with van der Waals surface area (Å²) in [5, 5.41) is 3.35. The predicted octanol–water partition coefficient (Wildman–Crippen LogP) is 2.36. The van der Waals surface area contributed by atoms with E-state index in [9.17, 15) is 19.2 Å². The first-order valence-corrected chi connectivity index (χ1v) is 11.4. The number of hydrogen-bond donors (Lipinski definition) is 2. The van der Waals surface area contributed by atoms with Gasteiger partial charge >= 0.3 is 5.69 Å². The molecule has 0 bridgehead atoms. The molecule has 1 saturated heterocycles. The molecule has 0 atom stereocenters. The van der Waals surface area contributed by atoms with Gasteiger partial charge in [-0.15, -0.1) is 0 Å². The molecule has 1 aromatic carbocycles. The van der Waals surface area contributed by atoms with Crippen molar-refractivity contribution in [2.75, 3.05) is 30.7 Å². The topological polar surface area (TPSA) is 119 Å². The van der Waals surface area contributed by atoms with Gasteiger partial charge in [-0.05, 0) is 43.4 Å². The number of ketones is 1. The van der Waals surface area contributed by atoms with E-state index in [1.54, 1.807) is 23.1 Å². The summed E-state index contributed by atoms with van der Waals surface area (Å²) >= 11 is 6.14. The fraction of sp³-hybridized carbons (Fsp3) is 0.478. The van der Waals surface area contributed by atoms with Crippen LogP contribution in [0, 0.1) is 5.92 Å². The van der Waals surface area contributed by atoms with Crippen molar-refractivity contribution in [3.8, 4) is 0 Å². The number of halogens is 1. The Balaban J connectivity index is 1.89. The van der Waals surface area contributed by atoms with Gasteiger partial charge in [-0.25, -0.2) is 4.79 Å². The molecule has 178 valence electrons. The molecule has 1 aromatic heterocycles. The third-order valence-corrected chi connectivity index (χ3v) is 5.94. The molecule has 0 saturated carbocycles. The highest BCUT2D eigenvalue weighted by molar-refractivity contribution is 6.31. The van der Waals surface area contributed by atoms with Crippen LogP contribution >= 0.6 is 11.6 Å². The van der Waals surface area contributed by atoms with Crippen molar-refractivity contribution in [1.29, 1.82) is 0 Å². The van der Waals surface area contributed by atoms with E-state index in [1.165, 1.54) is 11.6 Å². The van der Waals surface area contributed by atoms with Crippen molar-refractivity contribution < 1.29 is 9.59 Å². The smallest absolute Gasteiger partial charge is 0.332 e. The lowest BCUT2D eigenvalue weighted by atomic mass is 10.1. The Morgan fingerprint density at radius 2 is 1.82 bits per heavy atom. The summed E-state index contributed by atoms with van der Waals surface area (Å²) in [7, 11) is 1.32. The summed E-state index contributed by atoms with van der Waals surface area (Å²) in [6.45, 7) is 5.16. The van der Waals surface area contributed by atoms with Crippen LogP contribution in [0.4, 0.5) is 11.5 Å². The lowest BCUT2D eigenvalue weighted by Gasteiger charge is -2.27. The first-order chi connectivity index (χ1) is 15.6. The maximum absolute atomic E-state index is 13.0. The van der Waals surface area contributed by atoms with Crippen LogP contribution < -0.4 is 22.3 Å². The monoisotopic (exact) mass is 475 g/mol. The summed E-state index contributed by atoms with van der Waals surface area (Å²) in [4.78, 5) is 53.0. The molecule has 1 fully saturated rings. The minimum Gasteiger partial charge on any atom is -0.384 e. The lowest BCUT2D eigenvalue weighted by Crippen LogP contribution is -2.43. The molecule has 10 heteroatoms. The number of amides is 1. The maximum Gasteiger partial charge on any atom is 0.332 e. The van der Waals surface area contributed by atoms with Crippen LogP contribution in [0.3, 0.4) is 0 Å². The van der Waals surface area contributed by atoms with Crippen molar-refractivity contribution in [3.63, 3.8) is 0 Å². The minimum atomic E-state index is -0.750. The molecule has 0 radical (unpaired) electrons. The van der Waals surface area contributed by atoms with E-state index in [0.717, 1.165) is 23.8 Å². The van der Waals surface area contributed by atoms with E-state index in [4.69, 9.17) is 17.3 Å². The van der Waals surface area contributed by atoms with E-state index in [1.807, 2.05) is 13.8 Å². The van der Waals surface area contributed by atoms with Crippen LogP contribution in [0.5, 0.6) is 0 Å². The molecular formula is C23H30ClN5O4. The number of anilines is 2.